The first kappa shape index (κ1) is 37.6. The van der Waals surface area contributed by atoms with E-state index in [0.717, 1.165) is 55.1 Å². The van der Waals surface area contributed by atoms with E-state index >= 15 is 0 Å². The van der Waals surface area contributed by atoms with Crippen molar-refractivity contribution in [3.05, 3.63) is 199 Å². The standard InChI is InChI=1S/C60H37N3OS2/c1-60(2)47-16-6-3-11-39(47)44-31-36(25-28-48(44)60)34-21-23-35(24-22-34)37-26-29-49-46(32-37)55-42(14-9-17-50(55)64-49)58-61-57(38-27-30-53-45(33-38)40-12-4-7-18-51(40)65-53)62-59(63-58)43-15-10-20-54-56(43)41-13-5-8-19-52(41)66-54/h3-33H,1-2H3. The van der Waals surface area contributed by atoms with E-state index in [1.165, 1.54) is 68.3 Å². The van der Waals surface area contributed by atoms with Gasteiger partial charge in [-0.05, 0) is 105 Å². The van der Waals surface area contributed by atoms with Crippen molar-refractivity contribution >= 4 is 85.0 Å². The molecule has 1 aliphatic carbocycles. The molecule has 1 aliphatic rings. The van der Waals surface area contributed by atoms with Gasteiger partial charge >= 0.3 is 0 Å². The third-order valence-corrected chi connectivity index (χ3v) is 16.1. The Bertz CT molecular complexity index is 4150. The van der Waals surface area contributed by atoms with Crippen molar-refractivity contribution in [1.82, 2.24) is 15.0 Å². The molecule has 66 heavy (non-hydrogen) atoms. The van der Waals surface area contributed by atoms with Crippen LogP contribution in [0.25, 0.3) is 130 Å². The van der Waals surface area contributed by atoms with Gasteiger partial charge in [-0.3, -0.25) is 0 Å². The fourth-order valence-corrected chi connectivity index (χ4v) is 12.7. The molecule has 14 rings (SSSR count). The normalized spacial score (nSPS) is 13.1. The van der Waals surface area contributed by atoms with Gasteiger partial charge in [0.05, 0.1) is 0 Å². The molecule has 0 radical (unpaired) electrons. The summed E-state index contributed by atoms with van der Waals surface area (Å²) in [6.45, 7) is 4.66. The minimum absolute atomic E-state index is 0.0129. The molecule has 4 aromatic heterocycles. The van der Waals surface area contributed by atoms with Gasteiger partial charge in [0.15, 0.2) is 17.5 Å². The van der Waals surface area contributed by atoms with E-state index in [1.54, 1.807) is 11.3 Å². The highest BCUT2D eigenvalue weighted by molar-refractivity contribution is 7.26. The highest BCUT2D eigenvalue weighted by Crippen LogP contribution is 2.50. The Labute approximate surface area is 388 Å². The molecular weight excluding hydrogens is 843 g/mol. The summed E-state index contributed by atoms with van der Waals surface area (Å²) in [5.74, 6) is 1.87. The van der Waals surface area contributed by atoms with Gasteiger partial charge in [0, 0.05) is 73.2 Å². The first-order chi connectivity index (χ1) is 32.4. The summed E-state index contributed by atoms with van der Waals surface area (Å²) in [4.78, 5) is 16.0. The van der Waals surface area contributed by atoms with Crippen LogP contribution in [0.5, 0.6) is 0 Å². The monoisotopic (exact) mass is 879 g/mol. The molecule has 0 bridgehead atoms. The molecule has 4 nitrogen and oxygen atoms in total. The maximum Gasteiger partial charge on any atom is 0.164 e. The third kappa shape index (κ3) is 5.65. The molecule has 0 unspecified atom stereocenters. The molecule has 310 valence electrons. The van der Waals surface area contributed by atoms with Crippen LogP contribution in [-0.4, -0.2) is 15.0 Å². The number of fused-ring (bicyclic) bond motifs is 12. The Hall–Kier alpha value is -7.77. The summed E-state index contributed by atoms with van der Waals surface area (Å²) < 4.78 is 11.5. The Morgan fingerprint density at radius 1 is 0.348 bits per heavy atom. The van der Waals surface area contributed by atoms with Crippen molar-refractivity contribution in [2.75, 3.05) is 0 Å². The average molecular weight is 880 g/mol. The molecule has 0 saturated heterocycles. The van der Waals surface area contributed by atoms with Crippen LogP contribution in [-0.2, 0) is 5.41 Å². The molecular formula is C60H37N3OS2. The van der Waals surface area contributed by atoms with Crippen LogP contribution in [0, 0.1) is 0 Å². The van der Waals surface area contributed by atoms with Crippen molar-refractivity contribution in [3.63, 3.8) is 0 Å². The fraction of sp³-hybridized carbons (Fsp3) is 0.0500. The van der Waals surface area contributed by atoms with Gasteiger partial charge in [-0.15, -0.1) is 22.7 Å². The smallest absolute Gasteiger partial charge is 0.164 e. The lowest BCUT2D eigenvalue weighted by atomic mass is 9.82. The highest BCUT2D eigenvalue weighted by atomic mass is 32.1. The van der Waals surface area contributed by atoms with E-state index in [4.69, 9.17) is 19.4 Å². The summed E-state index contributed by atoms with van der Waals surface area (Å²) in [7, 11) is 0. The molecule has 0 atom stereocenters. The Morgan fingerprint density at radius 3 is 1.71 bits per heavy atom. The number of furan rings is 1. The minimum atomic E-state index is -0.0129. The number of nitrogens with zero attached hydrogens (tertiary/aromatic N) is 3. The first-order valence-electron chi connectivity index (χ1n) is 22.3. The zero-order valence-electron chi connectivity index (χ0n) is 36.0. The zero-order chi connectivity index (χ0) is 43.7. The van der Waals surface area contributed by atoms with E-state index < -0.39 is 0 Å². The molecule has 6 heteroatoms. The molecule has 0 fully saturated rings. The molecule has 0 saturated carbocycles. The largest absolute Gasteiger partial charge is 0.456 e. The van der Waals surface area contributed by atoms with Gasteiger partial charge in [-0.2, -0.15) is 0 Å². The topological polar surface area (TPSA) is 51.8 Å². The van der Waals surface area contributed by atoms with E-state index in [2.05, 4.69) is 190 Å². The second kappa shape index (κ2) is 14.1. The van der Waals surface area contributed by atoms with Crippen LogP contribution in [0.2, 0.25) is 0 Å². The number of thiophene rings is 2. The van der Waals surface area contributed by atoms with Gasteiger partial charge in [-0.25, -0.2) is 15.0 Å². The molecule has 0 N–H and O–H groups in total. The lowest BCUT2D eigenvalue weighted by molar-refractivity contribution is 0.660. The first-order valence-corrected chi connectivity index (χ1v) is 24.0. The number of rotatable bonds is 5. The lowest BCUT2D eigenvalue weighted by Crippen LogP contribution is -2.14. The van der Waals surface area contributed by atoms with Crippen LogP contribution >= 0.6 is 22.7 Å². The minimum Gasteiger partial charge on any atom is -0.456 e. The van der Waals surface area contributed by atoms with Gasteiger partial charge in [0.25, 0.3) is 0 Å². The number of benzene rings is 9. The lowest BCUT2D eigenvalue weighted by Gasteiger charge is -2.21. The molecule has 0 aliphatic heterocycles. The van der Waals surface area contributed by atoms with Gasteiger partial charge < -0.3 is 4.42 Å². The summed E-state index contributed by atoms with van der Waals surface area (Å²) >= 11 is 3.61. The number of aromatic nitrogens is 3. The second-order valence-corrected chi connectivity index (χ2v) is 20.1. The van der Waals surface area contributed by atoms with Crippen molar-refractivity contribution in [3.8, 4) is 67.5 Å². The van der Waals surface area contributed by atoms with Crippen LogP contribution in [0.4, 0.5) is 0 Å². The average Bonchev–Trinajstić information content (AvgIpc) is 4.11. The quantitative estimate of drug-likeness (QED) is 0.173. The summed E-state index contributed by atoms with van der Waals surface area (Å²) in [5.41, 5.74) is 14.5. The molecule has 13 aromatic rings. The van der Waals surface area contributed by atoms with E-state index in [-0.39, 0.29) is 5.41 Å². The van der Waals surface area contributed by atoms with E-state index in [1.807, 2.05) is 23.5 Å². The van der Waals surface area contributed by atoms with Crippen LogP contribution in [0.3, 0.4) is 0 Å². The van der Waals surface area contributed by atoms with Gasteiger partial charge in [0.1, 0.15) is 11.2 Å². The summed E-state index contributed by atoms with van der Waals surface area (Å²) in [5, 5.41) is 6.80. The number of hydrogen-bond donors (Lipinski definition) is 0. The van der Waals surface area contributed by atoms with Crippen LogP contribution < -0.4 is 0 Å². The molecule has 4 heterocycles. The SMILES string of the molecule is CC1(C)c2ccccc2-c2cc(-c3ccc(-c4ccc5oc6cccc(-c7nc(-c8ccc9sc%10ccccc%10c9c8)nc(-c8cccc9sc%10ccccc%10c89)n7)c6c5c4)cc3)ccc21. The fourth-order valence-electron chi connectivity index (χ4n) is 10.5. The predicted octanol–water partition coefficient (Wildman–Crippen LogP) is 17.1. The van der Waals surface area contributed by atoms with Crippen LogP contribution in [0.15, 0.2) is 192 Å². The highest BCUT2D eigenvalue weighted by Gasteiger charge is 2.35. The van der Waals surface area contributed by atoms with Crippen LogP contribution in [0.1, 0.15) is 25.0 Å². The third-order valence-electron chi connectivity index (χ3n) is 13.8. The molecule has 0 amide bonds. The van der Waals surface area contributed by atoms with E-state index in [0.29, 0.717) is 17.5 Å². The summed E-state index contributed by atoms with van der Waals surface area (Å²) in [6.07, 6.45) is 0. The molecule has 0 spiro atoms. The second-order valence-electron chi connectivity index (χ2n) is 17.9. The van der Waals surface area contributed by atoms with Gasteiger partial charge in [0.2, 0.25) is 0 Å². The maximum atomic E-state index is 6.60. The van der Waals surface area contributed by atoms with Crippen molar-refractivity contribution < 1.29 is 4.42 Å². The predicted molar refractivity (Wildman–Crippen MR) is 278 cm³/mol. The Kier molecular flexibility index (Phi) is 8.04. The van der Waals surface area contributed by atoms with E-state index in [9.17, 15) is 0 Å². The van der Waals surface area contributed by atoms with Crippen molar-refractivity contribution in [2.45, 2.75) is 19.3 Å². The van der Waals surface area contributed by atoms with Crippen molar-refractivity contribution in [1.29, 1.82) is 0 Å². The zero-order valence-corrected chi connectivity index (χ0v) is 37.6. The summed E-state index contributed by atoms with van der Waals surface area (Å²) in [6, 6.07) is 67.7. The Morgan fingerprint density at radius 2 is 0.894 bits per heavy atom. The van der Waals surface area contributed by atoms with Crippen molar-refractivity contribution in [2.24, 2.45) is 0 Å². The van der Waals surface area contributed by atoms with Gasteiger partial charge in [-0.1, -0.05) is 141 Å². The number of hydrogen-bond acceptors (Lipinski definition) is 6. The Balaban J connectivity index is 0.913. The maximum absolute atomic E-state index is 6.60. The molecule has 9 aromatic carbocycles.